The van der Waals surface area contributed by atoms with Crippen LogP contribution in [0.1, 0.15) is 38.2 Å². The van der Waals surface area contributed by atoms with Gasteiger partial charge in [-0.3, -0.25) is 9.89 Å². The molecule has 0 radical (unpaired) electrons. The summed E-state index contributed by atoms with van der Waals surface area (Å²) in [6.45, 7) is 5.52. The lowest BCUT2D eigenvalue weighted by Gasteiger charge is -2.45. The third kappa shape index (κ3) is 3.16. The molecule has 152 valence electrons. The van der Waals surface area contributed by atoms with E-state index in [1.165, 1.54) is 4.90 Å². The fraction of sp³-hybridized carbons (Fsp3) is 0.261. The fourth-order valence-electron chi connectivity index (χ4n) is 4.00. The first-order chi connectivity index (χ1) is 14.2. The van der Waals surface area contributed by atoms with Gasteiger partial charge in [-0.05, 0) is 44.0 Å². The van der Waals surface area contributed by atoms with Gasteiger partial charge < -0.3 is 4.90 Å². The van der Waals surface area contributed by atoms with Crippen molar-refractivity contribution in [2.24, 2.45) is 0 Å². The molecule has 0 saturated carbocycles. The molecule has 0 aliphatic carbocycles. The lowest BCUT2D eigenvalue weighted by molar-refractivity contribution is -0.0233. The molecular weight excluding hydrogens is 403 g/mol. The van der Waals surface area contributed by atoms with Crippen molar-refractivity contribution in [1.82, 2.24) is 15.1 Å². The molecule has 2 heterocycles. The first kappa shape index (κ1) is 20.1. The first-order valence-corrected chi connectivity index (χ1v) is 9.93. The zero-order chi connectivity index (χ0) is 21.6. The van der Waals surface area contributed by atoms with Gasteiger partial charge in [-0.1, -0.05) is 35.9 Å². The van der Waals surface area contributed by atoms with Crippen LogP contribution < -0.4 is 0 Å². The van der Waals surface area contributed by atoms with E-state index < -0.39 is 5.67 Å². The number of rotatable bonds is 3. The Bertz CT molecular complexity index is 1200. The van der Waals surface area contributed by atoms with Crippen molar-refractivity contribution < 1.29 is 9.18 Å². The highest BCUT2D eigenvalue weighted by Gasteiger charge is 2.48. The number of aryl methyl sites for hydroxylation is 2. The predicted molar refractivity (Wildman–Crippen MR) is 113 cm³/mol. The maximum absolute atomic E-state index is 15.4. The zero-order valence-electron chi connectivity index (χ0n) is 16.9. The van der Waals surface area contributed by atoms with Crippen LogP contribution in [-0.4, -0.2) is 34.1 Å². The molecule has 1 amide bonds. The van der Waals surface area contributed by atoms with Crippen LogP contribution in [0.25, 0.3) is 11.3 Å². The van der Waals surface area contributed by atoms with Crippen LogP contribution in [0.5, 0.6) is 0 Å². The normalized spacial score (nSPS) is 14.9. The van der Waals surface area contributed by atoms with Crippen LogP contribution in [0.4, 0.5) is 4.39 Å². The van der Waals surface area contributed by atoms with Gasteiger partial charge in [0, 0.05) is 22.3 Å². The van der Waals surface area contributed by atoms with Crippen LogP contribution in [0, 0.1) is 32.1 Å². The van der Waals surface area contributed by atoms with Crippen LogP contribution in [-0.2, 0) is 5.67 Å². The summed E-state index contributed by atoms with van der Waals surface area (Å²) in [7, 11) is 0. The number of halogens is 2. The number of aromatic amines is 1. The summed E-state index contributed by atoms with van der Waals surface area (Å²) >= 11 is 6.08. The van der Waals surface area contributed by atoms with Crippen LogP contribution in [0.2, 0.25) is 5.15 Å². The Morgan fingerprint density at radius 3 is 2.57 bits per heavy atom. The maximum Gasteiger partial charge on any atom is 0.254 e. The number of H-pyrrole nitrogens is 1. The van der Waals surface area contributed by atoms with E-state index in [2.05, 4.69) is 10.2 Å². The number of nitrogens with one attached hydrogen (secondary N) is 1. The molecule has 1 N–H and O–H groups in total. The monoisotopic (exact) mass is 422 g/mol. The minimum atomic E-state index is -1.71. The Morgan fingerprint density at radius 1 is 1.23 bits per heavy atom. The third-order valence-electron chi connectivity index (χ3n) is 5.72. The molecule has 1 aliphatic rings. The molecule has 0 spiro atoms. The standard InChI is InChI=1S/C23H20ClFN4O/c1-13-8-14(2)18(9-17(13)20-15(3)21(24)28-27-20)22(30)29-11-23(25,12-29)19-7-5-4-6-16(19)10-26/h4-9H,11-12H2,1-3H3,(H,27,28). The average Bonchev–Trinajstić information content (AvgIpc) is 3.03. The van der Waals surface area contributed by atoms with Gasteiger partial charge in [0.25, 0.3) is 5.91 Å². The number of alkyl halides is 1. The van der Waals surface area contributed by atoms with E-state index in [1.54, 1.807) is 24.3 Å². The van der Waals surface area contributed by atoms with E-state index in [9.17, 15) is 10.1 Å². The van der Waals surface area contributed by atoms with Crippen molar-refractivity contribution in [1.29, 1.82) is 5.26 Å². The minimum absolute atomic E-state index is 0.0813. The number of nitriles is 1. The number of amides is 1. The van der Waals surface area contributed by atoms with E-state index >= 15 is 4.39 Å². The van der Waals surface area contributed by atoms with Crippen molar-refractivity contribution in [2.75, 3.05) is 13.1 Å². The summed E-state index contributed by atoms with van der Waals surface area (Å²) in [5.74, 6) is -0.236. The highest BCUT2D eigenvalue weighted by molar-refractivity contribution is 6.30. The predicted octanol–water partition coefficient (Wildman–Crippen LogP) is 4.85. The number of carbonyl (C=O) groups is 1. The molecule has 0 atom stereocenters. The molecule has 30 heavy (non-hydrogen) atoms. The molecule has 4 rings (SSSR count). The van der Waals surface area contributed by atoms with Gasteiger partial charge in [0.2, 0.25) is 0 Å². The molecule has 3 aromatic rings. The number of likely N-dealkylation sites (tertiary alicyclic amines) is 1. The molecule has 7 heteroatoms. The maximum atomic E-state index is 15.4. The van der Waals surface area contributed by atoms with Crippen LogP contribution in [0.3, 0.4) is 0 Å². The Hall–Kier alpha value is -3.17. The number of nitrogens with zero attached hydrogens (tertiary/aromatic N) is 3. The summed E-state index contributed by atoms with van der Waals surface area (Å²) in [6, 6.07) is 12.4. The van der Waals surface area contributed by atoms with E-state index in [0.29, 0.717) is 21.8 Å². The van der Waals surface area contributed by atoms with Gasteiger partial charge in [-0.25, -0.2) is 4.39 Å². The number of carbonyl (C=O) groups excluding carboxylic acids is 1. The van der Waals surface area contributed by atoms with Crippen LogP contribution in [0.15, 0.2) is 36.4 Å². The second kappa shape index (κ2) is 7.26. The summed E-state index contributed by atoms with van der Waals surface area (Å²) in [5, 5.41) is 16.6. The SMILES string of the molecule is Cc1cc(C)c(-c2[nH]nc(Cl)c2C)cc1C(=O)N1CC(F)(c2ccccc2C#N)C1. The van der Waals surface area contributed by atoms with Crippen molar-refractivity contribution in [3.05, 3.63) is 74.9 Å². The highest BCUT2D eigenvalue weighted by Crippen LogP contribution is 2.39. The molecule has 1 saturated heterocycles. The number of aromatic nitrogens is 2. The van der Waals surface area contributed by atoms with E-state index in [4.69, 9.17) is 11.6 Å². The van der Waals surface area contributed by atoms with Crippen molar-refractivity contribution >= 4 is 17.5 Å². The number of hydrogen-bond donors (Lipinski definition) is 1. The summed E-state index contributed by atoms with van der Waals surface area (Å²) in [6.07, 6.45) is 0. The largest absolute Gasteiger partial charge is 0.331 e. The van der Waals surface area contributed by atoms with Gasteiger partial charge >= 0.3 is 0 Å². The first-order valence-electron chi connectivity index (χ1n) is 9.55. The number of hydrogen-bond acceptors (Lipinski definition) is 3. The average molecular weight is 423 g/mol. The summed E-state index contributed by atoms with van der Waals surface area (Å²) < 4.78 is 15.4. The highest BCUT2D eigenvalue weighted by atomic mass is 35.5. The summed E-state index contributed by atoms with van der Waals surface area (Å²) in [4.78, 5) is 14.6. The van der Waals surface area contributed by atoms with E-state index in [1.807, 2.05) is 39.0 Å². The van der Waals surface area contributed by atoms with Gasteiger partial charge in [0.15, 0.2) is 10.8 Å². The smallest absolute Gasteiger partial charge is 0.254 e. The van der Waals surface area contributed by atoms with Gasteiger partial charge in [-0.15, -0.1) is 0 Å². The Morgan fingerprint density at radius 2 is 1.93 bits per heavy atom. The molecule has 1 fully saturated rings. The van der Waals surface area contributed by atoms with Gasteiger partial charge in [0.1, 0.15) is 0 Å². The van der Waals surface area contributed by atoms with Crippen molar-refractivity contribution in [3.8, 4) is 17.3 Å². The topological polar surface area (TPSA) is 72.8 Å². The second-order valence-electron chi connectivity index (χ2n) is 7.78. The fourth-order valence-corrected chi connectivity index (χ4v) is 4.14. The molecule has 0 bridgehead atoms. The molecule has 1 aliphatic heterocycles. The zero-order valence-corrected chi connectivity index (χ0v) is 17.6. The van der Waals surface area contributed by atoms with Crippen LogP contribution >= 0.6 is 11.6 Å². The third-order valence-corrected chi connectivity index (χ3v) is 6.09. The van der Waals surface area contributed by atoms with Gasteiger partial charge in [-0.2, -0.15) is 10.4 Å². The molecule has 2 aromatic carbocycles. The van der Waals surface area contributed by atoms with E-state index in [0.717, 1.165) is 27.9 Å². The molecule has 0 unspecified atom stereocenters. The molecule has 1 aromatic heterocycles. The lowest BCUT2D eigenvalue weighted by atomic mass is 9.84. The Balaban J connectivity index is 1.63. The number of benzene rings is 2. The van der Waals surface area contributed by atoms with E-state index in [-0.39, 0.29) is 19.0 Å². The second-order valence-corrected chi connectivity index (χ2v) is 8.14. The lowest BCUT2D eigenvalue weighted by Crippen LogP contribution is -2.59. The van der Waals surface area contributed by atoms with Crippen molar-refractivity contribution in [2.45, 2.75) is 26.4 Å². The quantitative estimate of drug-likeness (QED) is 0.655. The molecular formula is C23H20ClFN4O. The Labute approximate surface area is 179 Å². The van der Waals surface area contributed by atoms with Gasteiger partial charge in [0.05, 0.1) is 30.4 Å². The minimum Gasteiger partial charge on any atom is -0.331 e. The summed E-state index contributed by atoms with van der Waals surface area (Å²) in [5.41, 5.74) is 3.64. The van der Waals surface area contributed by atoms with Crippen molar-refractivity contribution in [3.63, 3.8) is 0 Å². The Kier molecular flexibility index (Phi) is 4.87. The molecule has 5 nitrogen and oxygen atoms in total.